The van der Waals surface area contributed by atoms with Gasteiger partial charge in [0.15, 0.2) is 0 Å². The fourth-order valence-corrected chi connectivity index (χ4v) is 6.42. The summed E-state index contributed by atoms with van der Waals surface area (Å²) in [7, 11) is -4.34. The SMILES string of the molecule is Cc1cc(S(=O)(=O)N2c3cc(Cl)c(Cl)cc3NC(=O)C2CC(=O)NCc2ccccc2)c(C)cc1Cl. The van der Waals surface area contributed by atoms with Crippen molar-refractivity contribution in [3.8, 4) is 0 Å². The van der Waals surface area contributed by atoms with Crippen molar-refractivity contribution in [3.63, 3.8) is 0 Å². The van der Waals surface area contributed by atoms with Crippen molar-refractivity contribution in [3.05, 3.63) is 86.4 Å². The topological polar surface area (TPSA) is 95.6 Å². The Morgan fingerprint density at radius 3 is 2.33 bits per heavy atom. The Labute approximate surface area is 224 Å². The van der Waals surface area contributed by atoms with Crippen LogP contribution < -0.4 is 14.9 Å². The van der Waals surface area contributed by atoms with E-state index in [1.807, 2.05) is 30.3 Å². The van der Waals surface area contributed by atoms with Crippen molar-refractivity contribution in [1.29, 1.82) is 0 Å². The van der Waals surface area contributed by atoms with Crippen LogP contribution in [-0.2, 0) is 26.2 Å². The monoisotopic (exact) mass is 565 g/mol. The second-order valence-electron chi connectivity index (χ2n) is 8.42. The first-order valence-corrected chi connectivity index (χ1v) is 13.5. The summed E-state index contributed by atoms with van der Waals surface area (Å²) in [4.78, 5) is 26.0. The molecule has 0 aromatic heterocycles. The molecule has 188 valence electrons. The van der Waals surface area contributed by atoms with E-state index in [1.165, 1.54) is 18.2 Å². The van der Waals surface area contributed by atoms with Crippen molar-refractivity contribution in [2.45, 2.75) is 37.8 Å². The van der Waals surface area contributed by atoms with Gasteiger partial charge >= 0.3 is 0 Å². The predicted molar refractivity (Wildman–Crippen MR) is 142 cm³/mol. The molecule has 4 rings (SSSR count). The molecule has 1 atom stereocenters. The number of anilines is 2. The minimum atomic E-state index is -4.34. The molecule has 0 bridgehead atoms. The van der Waals surface area contributed by atoms with Crippen LogP contribution in [0.2, 0.25) is 15.1 Å². The summed E-state index contributed by atoms with van der Waals surface area (Å²) in [5, 5.41) is 6.06. The Hall–Kier alpha value is -2.78. The summed E-state index contributed by atoms with van der Waals surface area (Å²) >= 11 is 18.5. The zero-order chi connectivity index (χ0) is 26.2. The molecule has 0 saturated carbocycles. The number of carbonyl (C=O) groups is 2. The molecule has 1 aliphatic heterocycles. The Morgan fingerprint density at radius 2 is 1.64 bits per heavy atom. The van der Waals surface area contributed by atoms with Gasteiger partial charge in [-0.05, 0) is 54.8 Å². The summed E-state index contributed by atoms with van der Waals surface area (Å²) in [5.74, 6) is -1.16. The van der Waals surface area contributed by atoms with Crippen LogP contribution in [0.15, 0.2) is 59.5 Å². The number of benzene rings is 3. The first-order chi connectivity index (χ1) is 17.0. The zero-order valence-electron chi connectivity index (χ0n) is 19.3. The highest BCUT2D eigenvalue weighted by Crippen LogP contribution is 2.42. The van der Waals surface area contributed by atoms with Gasteiger partial charge in [0.05, 0.1) is 32.7 Å². The molecule has 0 aliphatic carbocycles. The number of halogens is 3. The van der Waals surface area contributed by atoms with Gasteiger partial charge in [0.25, 0.3) is 10.0 Å². The standard InChI is InChI=1S/C25H22Cl3N3O4S/c1-14-9-23(15(2)8-17(14)26)36(34,35)31-21-11-19(28)18(27)10-20(21)30-25(33)22(31)12-24(32)29-13-16-6-4-3-5-7-16/h3-11,22H,12-13H2,1-2H3,(H,29,32)(H,30,33). The van der Waals surface area contributed by atoms with Crippen LogP contribution in [-0.4, -0.2) is 26.3 Å². The predicted octanol–water partition coefficient (Wildman–Crippen LogP) is 5.49. The number of aryl methyl sites for hydroxylation is 2. The molecule has 0 saturated heterocycles. The average Bonchev–Trinajstić information content (AvgIpc) is 2.82. The first kappa shape index (κ1) is 26.3. The molecule has 0 fully saturated rings. The van der Waals surface area contributed by atoms with Crippen LogP contribution in [0.3, 0.4) is 0 Å². The molecule has 0 spiro atoms. The van der Waals surface area contributed by atoms with Crippen LogP contribution in [0, 0.1) is 13.8 Å². The van der Waals surface area contributed by atoms with E-state index in [1.54, 1.807) is 19.9 Å². The maximum Gasteiger partial charge on any atom is 0.265 e. The molecule has 3 aromatic carbocycles. The van der Waals surface area contributed by atoms with E-state index < -0.39 is 34.3 Å². The van der Waals surface area contributed by atoms with E-state index in [9.17, 15) is 18.0 Å². The molecular formula is C25H22Cl3N3O4S. The van der Waals surface area contributed by atoms with Crippen molar-refractivity contribution in [2.24, 2.45) is 0 Å². The van der Waals surface area contributed by atoms with Gasteiger partial charge in [0, 0.05) is 11.6 Å². The normalized spacial score (nSPS) is 15.3. The summed E-state index contributed by atoms with van der Waals surface area (Å²) in [5.41, 5.74) is 2.08. The van der Waals surface area contributed by atoms with Crippen LogP contribution in [0.5, 0.6) is 0 Å². The molecule has 1 unspecified atom stereocenters. The van der Waals surface area contributed by atoms with E-state index in [4.69, 9.17) is 34.8 Å². The first-order valence-electron chi connectivity index (χ1n) is 10.9. The number of amides is 2. The van der Waals surface area contributed by atoms with Gasteiger partial charge in [0.1, 0.15) is 6.04 Å². The number of nitrogens with zero attached hydrogens (tertiary/aromatic N) is 1. The van der Waals surface area contributed by atoms with Crippen LogP contribution in [0.25, 0.3) is 0 Å². The quantitative estimate of drug-likeness (QED) is 0.413. The molecule has 3 aromatic rings. The Morgan fingerprint density at radius 1 is 0.972 bits per heavy atom. The number of hydrogen-bond donors (Lipinski definition) is 2. The molecule has 1 aliphatic rings. The molecule has 11 heteroatoms. The van der Waals surface area contributed by atoms with Crippen LogP contribution in [0.4, 0.5) is 11.4 Å². The van der Waals surface area contributed by atoms with Gasteiger partial charge in [-0.1, -0.05) is 65.1 Å². The van der Waals surface area contributed by atoms with Gasteiger partial charge in [-0.15, -0.1) is 0 Å². The molecule has 7 nitrogen and oxygen atoms in total. The maximum atomic E-state index is 14.0. The lowest BCUT2D eigenvalue weighted by Gasteiger charge is -2.37. The van der Waals surface area contributed by atoms with Gasteiger partial charge in [-0.25, -0.2) is 8.42 Å². The Balaban J connectivity index is 1.77. The Bertz CT molecular complexity index is 1460. The lowest BCUT2D eigenvalue weighted by molar-refractivity contribution is -0.125. The van der Waals surface area contributed by atoms with E-state index in [0.29, 0.717) is 16.1 Å². The number of rotatable bonds is 6. The molecule has 0 radical (unpaired) electrons. The van der Waals surface area contributed by atoms with E-state index in [-0.39, 0.29) is 32.9 Å². The van der Waals surface area contributed by atoms with Crippen molar-refractivity contribution >= 4 is 68.0 Å². The molecular weight excluding hydrogens is 545 g/mol. The number of nitrogens with one attached hydrogen (secondary N) is 2. The number of hydrogen-bond acceptors (Lipinski definition) is 4. The number of sulfonamides is 1. The van der Waals surface area contributed by atoms with Gasteiger partial charge in [-0.2, -0.15) is 0 Å². The minimum absolute atomic E-state index is 0.0363. The van der Waals surface area contributed by atoms with Gasteiger partial charge in [0.2, 0.25) is 11.8 Å². The lowest BCUT2D eigenvalue weighted by atomic mass is 10.1. The van der Waals surface area contributed by atoms with Crippen molar-refractivity contribution in [2.75, 3.05) is 9.62 Å². The van der Waals surface area contributed by atoms with Gasteiger partial charge < -0.3 is 10.6 Å². The average molecular weight is 567 g/mol. The minimum Gasteiger partial charge on any atom is -0.352 e. The summed E-state index contributed by atoms with van der Waals surface area (Å²) in [6.07, 6.45) is -0.413. The van der Waals surface area contributed by atoms with Crippen molar-refractivity contribution < 1.29 is 18.0 Å². The zero-order valence-corrected chi connectivity index (χ0v) is 22.4. The van der Waals surface area contributed by atoms with Gasteiger partial charge in [-0.3, -0.25) is 13.9 Å². The fourth-order valence-electron chi connectivity index (χ4n) is 3.96. The molecule has 2 N–H and O–H groups in total. The number of fused-ring (bicyclic) bond motifs is 1. The molecule has 2 amide bonds. The fraction of sp³-hybridized carbons (Fsp3) is 0.200. The third-order valence-corrected chi connectivity index (χ3v) is 8.92. The van der Waals surface area contributed by atoms with Crippen LogP contribution >= 0.6 is 34.8 Å². The summed E-state index contributed by atoms with van der Waals surface area (Å²) in [6, 6.07) is 13.6. The second-order valence-corrected chi connectivity index (χ2v) is 11.4. The summed E-state index contributed by atoms with van der Waals surface area (Å²) in [6.45, 7) is 3.52. The lowest BCUT2D eigenvalue weighted by Crippen LogP contribution is -2.52. The second kappa shape index (κ2) is 10.3. The molecule has 1 heterocycles. The highest BCUT2D eigenvalue weighted by molar-refractivity contribution is 7.93. The largest absolute Gasteiger partial charge is 0.352 e. The Kier molecular flexibility index (Phi) is 7.52. The van der Waals surface area contributed by atoms with E-state index >= 15 is 0 Å². The molecule has 36 heavy (non-hydrogen) atoms. The smallest absolute Gasteiger partial charge is 0.265 e. The van der Waals surface area contributed by atoms with E-state index in [2.05, 4.69) is 10.6 Å². The van der Waals surface area contributed by atoms with Crippen molar-refractivity contribution in [1.82, 2.24) is 5.32 Å². The van der Waals surface area contributed by atoms with E-state index in [0.717, 1.165) is 9.87 Å². The number of carbonyl (C=O) groups excluding carboxylic acids is 2. The summed E-state index contributed by atoms with van der Waals surface area (Å²) < 4.78 is 29.0. The third kappa shape index (κ3) is 5.18. The van der Waals surface area contributed by atoms with Crippen LogP contribution in [0.1, 0.15) is 23.1 Å². The maximum absolute atomic E-state index is 14.0. The third-order valence-electron chi connectivity index (χ3n) is 5.82. The highest BCUT2D eigenvalue weighted by atomic mass is 35.5. The highest BCUT2D eigenvalue weighted by Gasteiger charge is 2.43.